The molecule has 2 heterocycles. The van der Waals surface area contributed by atoms with Gasteiger partial charge in [-0.25, -0.2) is 13.2 Å². The summed E-state index contributed by atoms with van der Waals surface area (Å²) in [6.07, 6.45) is 2.78. The third-order valence-electron chi connectivity index (χ3n) is 5.42. The number of amides is 3. The lowest BCUT2D eigenvalue weighted by molar-refractivity contribution is -0.125. The first-order valence-electron chi connectivity index (χ1n) is 9.05. The van der Waals surface area contributed by atoms with Gasteiger partial charge in [0.25, 0.3) is 5.91 Å². The molecule has 0 N–H and O–H groups in total. The topological polar surface area (TPSA) is 102 Å². The average Bonchev–Trinajstić information content (AvgIpc) is 3.46. The second-order valence-electron chi connectivity index (χ2n) is 7.18. The van der Waals surface area contributed by atoms with E-state index in [1.165, 1.54) is 33.5 Å². The Kier molecular flexibility index (Phi) is 4.40. The van der Waals surface area contributed by atoms with Crippen molar-refractivity contribution >= 4 is 22.0 Å². The summed E-state index contributed by atoms with van der Waals surface area (Å²) in [6.45, 7) is 0.700. The number of piperidine rings is 1. The number of imide groups is 1. The minimum atomic E-state index is -3.63. The van der Waals surface area contributed by atoms with Crippen molar-refractivity contribution < 1.29 is 18.0 Å². The number of hydrogen-bond acceptors (Lipinski definition) is 5. The summed E-state index contributed by atoms with van der Waals surface area (Å²) < 4.78 is 27.0. The maximum Gasteiger partial charge on any atom is 0.327 e. The Balaban J connectivity index is 1.42. The normalized spacial score (nSPS) is 22.3. The van der Waals surface area contributed by atoms with E-state index in [-0.39, 0.29) is 35.5 Å². The van der Waals surface area contributed by atoms with Crippen LogP contribution in [0.5, 0.6) is 0 Å². The molecule has 1 aliphatic carbocycles. The van der Waals surface area contributed by atoms with Crippen LogP contribution in [-0.4, -0.2) is 66.2 Å². The van der Waals surface area contributed by atoms with Crippen molar-refractivity contribution in [3.05, 3.63) is 29.8 Å². The van der Waals surface area contributed by atoms with Gasteiger partial charge in [0, 0.05) is 25.2 Å². The van der Waals surface area contributed by atoms with Gasteiger partial charge in [-0.2, -0.15) is 9.57 Å². The minimum Gasteiger partial charge on any atom is -0.312 e. The van der Waals surface area contributed by atoms with Crippen molar-refractivity contribution in [1.82, 2.24) is 14.1 Å². The van der Waals surface area contributed by atoms with Crippen LogP contribution in [0.3, 0.4) is 0 Å². The molecule has 2 aliphatic heterocycles. The van der Waals surface area contributed by atoms with Gasteiger partial charge in [-0.15, -0.1) is 0 Å². The fourth-order valence-corrected chi connectivity index (χ4v) is 5.23. The molecular weight excluding hydrogens is 368 g/mol. The zero-order valence-corrected chi connectivity index (χ0v) is 15.6. The highest BCUT2D eigenvalue weighted by atomic mass is 32.2. The molecule has 27 heavy (non-hydrogen) atoms. The maximum absolute atomic E-state index is 12.8. The molecule has 1 saturated carbocycles. The van der Waals surface area contributed by atoms with Gasteiger partial charge < -0.3 is 4.90 Å². The molecule has 9 heteroatoms. The number of urea groups is 1. The number of carbonyl (C=O) groups is 2. The number of benzene rings is 1. The van der Waals surface area contributed by atoms with E-state index >= 15 is 0 Å². The third kappa shape index (κ3) is 3.19. The molecule has 4 rings (SSSR count). The Morgan fingerprint density at radius 3 is 2.15 bits per heavy atom. The average molecular weight is 388 g/mol. The third-order valence-corrected chi connectivity index (χ3v) is 7.34. The maximum atomic E-state index is 12.8. The highest BCUT2D eigenvalue weighted by Gasteiger charge is 2.47. The monoisotopic (exact) mass is 388 g/mol. The summed E-state index contributed by atoms with van der Waals surface area (Å²) in [4.78, 5) is 27.8. The number of nitrogens with zero attached hydrogens (tertiary/aromatic N) is 4. The summed E-state index contributed by atoms with van der Waals surface area (Å²) in [5.41, 5.74) is 0.407. The number of carbonyl (C=O) groups excluding carboxylic acids is 2. The van der Waals surface area contributed by atoms with Crippen molar-refractivity contribution in [3.8, 4) is 6.07 Å². The van der Waals surface area contributed by atoms with Crippen LogP contribution in [0.4, 0.5) is 4.79 Å². The van der Waals surface area contributed by atoms with Gasteiger partial charge >= 0.3 is 6.03 Å². The van der Waals surface area contributed by atoms with E-state index in [9.17, 15) is 18.0 Å². The highest BCUT2D eigenvalue weighted by molar-refractivity contribution is 7.89. The predicted molar refractivity (Wildman–Crippen MR) is 94.9 cm³/mol. The molecule has 2 saturated heterocycles. The Hall–Kier alpha value is -2.44. The van der Waals surface area contributed by atoms with Gasteiger partial charge in [-0.05, 0) is 49.9 Å². The summed E-state index contributed by atoms with van der Waals surface area (Å²) >= 11 is 0. The second kappa shape index (κ2) is 6.62. The first-order chi connectivity index (χ1) is 12.9. The summed E-state index contributed by atoms with van der Waals surface area (Å²) in [5.74, 6) is -0.143. The molecule has 142 valence electrons. The van der Waals surface area contributed by atoms with Crippen LogP contribution in [0.25, 0.3) is 0 Å². The van der Waals surface area contributed by atoms with Crippen molar-refractivity contribution in [3.63, 3.8) is 0 Å². The Labute approximate surface area is 158 Å². The largest absolute Gasteiger partial charge is 0.327 e. The van der Waals surface area contributed by atoms with Crippen LogP contribution in [0.1, 0.15) is 31.2 Å². The molecule has 3 amide bonds. The number of nitriles is 1. The van der Waals surface area contributed by atoms with Crippen LogP contribution in [0, 0.1) is 11.3 Å². The van der Waals surface area contributed by atoms with Crippen LogP contribution in [0.15, 0.2) is 29.2 Å². The van der Waals surface area contributed by atoms with Gasteiger partial charge in [0.2, 0.25) is 10.0 Å². The molecule has 3 fully saturated rings. The fourth-order valence-electron chi connectivity index (χ4n) is 3.76. The predicted octanol–water partition coefficient (Wildman–Crippen LogP) is 1.14. The number of sulfonamides is 1. The smallest absolute Gasteiger partial charge is 0.312 e. The zero-order valence-electron chi connectivity index (χ0n) is 14.7. The van der Waals surface area contributed by atoms with E-state index in [1.807, 2.05) is 6.07 Å². The van der Waals surface area contributed by atoms with Crippen LogP contribution in [0.2, 0.25) is 0 Å². The molecule has 1 aromatic rings. The van der Waals surface area contributed by atoms with Crippen molar-refractivity contribution in [2.75, 3.05) is 19.6 Å². The van der Waals surface area contributed by atoms with Crippen LogP contribution >= 0.6 is 0 Å². The molecule has 0 radical (unpaired) electrons. The quantitative estimate of drug-likeness (QED) is 0.720. The lowest BCUT2D eigenvalue weighted by atomic mass is 10.1. The number of hydrogen-bond donors (Lipinski definition) is 0. The van der Waals surface area contributed by atoms with E-state index < -0.39 is 10.0 Å². The fraction of sp³-hybridized carbons (Fsp3) is 0.500. The minimum absolute atomic E-state index is 0.0619. The summed E-state index contributed by atoms with van der Waals surface area (Å²) in [6, 6.07) is 7.55. The number of rotatable bonds is 4. The molecule has 1 aromatic carbocycles. The molecule has 0 atom stereocenters. The van der Waals surface area contributed by atoms with Gasteiger partial charge in [-0.3, -0.25) is 9.69 Å². The Morgan fingerprint density at radius 1 is 0.963 bits per heavy atom. The van der Waals surface area contributed by atoms with E-state index in [1.54, 1.807) is 4.90 Å². The molecular formula is C18H20N4O4S. The van der Waals surface area contributed by atoms with E-state index in [2.05, 4.69) is 0 Å². The molecule has 3 aliphatic rings. The first-order valence-corrected chi connectivity index (χ1v) is 10.5. The zero-order chi connectivity index (χ0) is 19.2. The standard InChI is InChI=1S/C18H20N4O4S/c19-11-13-1-5-16(6-2-13)27(25,26)20-9-7-14(8-10-20)21-12-17(23)22(18(21)24)15-3-4-15/h1-2,5-6,14-15H,3-4,7-10,12H2. The Morgan fingerprint density at radius 2 is 1.59 bits per heavy atom. The molecule has 0 spiro atoms. The van der Waals surface area contributed by atoms with E-state index in [0.717, 1.165) is 12.8 Å². The molecule has 0 bridgehead atoms. The van der Waals surface area contributed by atoms with Gasteiger partial charge in [-0.1, -0.05) is 0 Å². The van der Waals surface area contributed by atoms with E-state index in [0.29, 0.717) is 31.5 Å². The lowest BCUT2D eigenvalue weighted by Gasteiger charge is -2.35. The summed E-state index contributed by atoms with van der Waals surface area (Å²) in [5, 5.41) is 8.84. The molecule has 0 aromatic heterocycles. The van der Waals surface area contributed by atoms with Crippen molar-refractivity contribution in [2.24, 2.45) is 0 Å². The Bertz CT molecular complexity index is 910. The molecule has 8 nitrogen and oxygen atoms in total. The van der Waals surface area contributed by atoms with Crippen LogP contribution < -0.4 is 0 Å². The summed E-state index contributed by atoms with van der Waals surface area (Å²) in [7, 11) is -3.63. The van der Waals surface area contributed by atoms with E-state index in [4.69, 9.17) is 5.26 Å². The van der Waals surface area contributed by atoms with Crippen LogP contribution in [-0.2, 0) is 14.8 Å². The first kappa shape index (κ1) is 17.9. The second-order valence-corrected chi connectivity index (χ2v) is 9.11. The van der Waals surface area contributed by atoms with Crippen molar-refractivity contribution in [1.29, 1.82) is 5.26 Å². The van der Waals surface area contributed by atoms with Gasteiger partial charge in [0.05, 0.1) is 16.5 Å². The SMILES string of the molecule is N#Cc1ccc(S(=O)(=O)N2CCC(N3CC(=O)N(C4CC4)C3=O)CC2)cc1. The van der Waals surface area contributed by atoms with Gasteiger partial charge in [0.1, 0.15) is 6.54 Å². The highest BCUT2D eigenvalue weighted by Crippen LogP contribution is 2.33. The van der Waals surface area contributed by atoms with Crippen molar-refractivity contribution in [2.45, 2.75) is 42.7 Å². The molecule has 0 unspecified atom stereocenters. The van der Waals surface area contributed by atoms with Gasteiger partial charge in [0.15, 0.2) is 0 Å². The lowest BCUT2D eigenvalue weighted by Crippen LogP contribution is -2.48.